The molecule has 0 radical (unpaired) electrons. The van der Waals surface area contributed by atoms with Gasteiger partial charge in [0.05, 0.1) is 10.4 Å². The van der Waals surface area contributed by atoms with Gasteiger partial charge in [-0.2, -0.15) is 0 Å². The van der Waals surface area contributed by atoms with Crippen molar-refractivity contribution in [2.75, 3.05) is 0 Å². The molecule has 2 unspecified atom stereocenters. The van der Waals surface area contributed by atoms with Gasteiger partial charge >= 0.3 is 0 Å². The molecule has 0 bridgehead atoms. The second kappa shape index (κ2) is 6.88. The van der Waals surface area contributed by atoms with Gasteiger partial charge in [0.2, 0.25) is 5.91 Å². The summed E-state index contributed by atoms with van der Waals surface area (Å²) < 4.78 is 0. The van der Waals surface area contributed by atoms with Gasteiger partial charge in [-0.05, 0) is 31.6 Å². The maximum Gasteiger partial charge on any atom is 0.233 e. The lowest BCUT2D eigenvalue weighted by atomic mass is 9.72. The zero-order valence-electron chi connectivity index (χ0n) is 12.6. The third-order valence-electron chi connectivity index (χ3n) is 5.31. The lowest BCUT2D eigenvalue weighted by Gasteiger charge is -2.37. The number of hydrogen-bond donors (Lipinski definition) is 2. The molecule has 1 amide bonds. The van der Waals surface area contributed by atoms with Crippen molar-refractivity contribution in [2.45, 2.75) is 77.2 Å². The summed E-state index contributed by atoms with van der Waals surface area (Å²) in [6.07, 6.45) is 11.0. The molecule has 2 atom stereocenters. The number of rotatable bonds is 4. The van der Waals surface area contributed by atoms with Crippen LogP contribution >= 0.6 is 12.2 Å². The molecule has 0 spiro atoms. The van der Waals surface area contributed by atoms with Crippen molar-refractivity contribution in [3.63, 3.8) is 0 Å². The van der Waals surface area contributed by atoms with Crippen LogP contribution in [0.3, 0.4) is 0 Å². The average Bonchev–Trinajstić information content (AvgIpc) is 2.48. The normalized spacial score (nSPS) is 29.6. The Hall–Kier alpha value is -0.640. The molecular weight excluding hydrogens is 268 g/mol. The van der Waals surface area contributed by atoms with Gasteiger partial charge < -0.3 is 11.1 Å². The highest BCUT2D eigenvalue weighted by Gasteiger charge is 2.43. The fourth-order valence-electron chi connectivity index (χ4n) is 3.86. The molecule has 2 saturated carbocycles. The summed E-state index contributed by atoms with van der Waals surface area (Å²) in [4.78, 5) is 13.1. The molecule has 2 fully saturated rings. The summed E-state index contributed by atoms with van der Waals surface area (Å²) in [6, 6.07) is 0.328. The zero-order valence-corrected chi connectivity index (χ0v) is 13.4. The zero-order chi connectivity index (χ0) is 14.6. The van der Waals surface area contributed by atoms with Crippen LogP contribution in [0.4, 0.5) is 0 Å². The van der Waals surface area contributed by atoms with Gasteiger partial charge in [0.1, 0.15) is 0 Å². The highest BCUT2D eigenvalue weighted by molar-refractivity contribution is 7.80. The van der Waals surface area contributed by atoms with Crippen molar-refractivity contribution in [3.8, 4) is 0 Å². The van der Waals surface area contributed by atoms with Gasteiger partial charge in [-0.15, -0.1) is 0 Å². The van der Waals surface area contributed by atoms with Crippen molar-refractivity contribution in [2.24, 2.45) is 17.1 Å². The van der Waals surface area contributed by atoms with E-state index >= 15 is 0 Å². The van der Waals surface area contributed by atoms with Gasteiger partial charge in [0.15, 0.2) is 0 Å². The van der Waals surface area contributed by atoms with Crippen LogP contribution in [0.2, 0.25) is 0 Å². The first-order valence-corrected chi connectivity index (χ1v) is 8.60. The minimum Gasteiger partial charge on any atom is -0.392 e. The van der Waals surface area contributed by atoms with Crippen LogP contribution in [-0.4, -0.2) is 16.9 Å². The Morgan fingerprint density at radius 3 is 2.55 bits per heavy atom. The molecule has 3 nitrogen and oxygen atoms in total. The molecule has 4 heteroatoms. The summed E-state index contributed by atoms with van der Waals surface area (Å²) in [5.41, 5.74) is 5.37. The van der Waals surface area contributed by atoms with Crippen molar-refractivity contribution >= 4 is 23.1 Å². The smallest absolute Gasteiger partial charge is 0.233 e. The Bertz CT molecular complexity index is 363. The van der Waals surface area contributed by atoms with E-state index < -0.39 is 5.41 Å². The molecule has 0 aromatic rings. The Balaban J connectivity index is 1.99. The molecule has 2 rings (SSSR count). The van der Waals surface area contributed by atoms with Gasteiger partial charge in [-0.1, -0.05) is 57.7 Å². The third-order valence-corrected chi connectivity index (χ3v) is 5.70. The number of nitrogens with two attached hydrogens (primary N) is 1. The third kappa shape index (κ3) is 3.33. The highest BCUT2D eigenvalue weighted by atomic mass is 32.1. The first-order chi connectivity index (χ1) is 9.58. The fraction of sp³-hybridized carbons (Fsp3) is 0.875. The maximum absolute atomic E-state index is 12.7. The van der Waals surface area contributed by atoms with Crippen LogP contribution in [0.15, 0.2) is 0 Å². The van der Waals surface area contributed by atoms with Gasteiger partial charge in [-0.25, -0.2) is 0 Å². The van der Waals surface area contributed by atoms with Crippen LogP contribution in [0.1, 0.15) is 71.1 Å². The molecule has 2 aliphatic rings. The van der Waals surface area contributed by atoms with Crippen molar-refractivity contribution < 1.29 is 4.79 Å². The molecule has 20 heavy (non-hydrogen) atoms. The number of nitrogens with one attached hydrogen (secondary N) is 1. The van der Waals surface area contributed by atoms with E-state index in [1.54, 1.807) is 0 Å². The first-order valence-electron chi connectivity index (χ1n) is 8.19. The molecule has 0 aliphatic heterocycles. The fourth-order valence-corrected chi connectivity index (χ4v) is 4.15. The number of carbonyl (C=O) groups is 1. The molecule has 0 saturated heterocycles. The molecular formula is C16H28N2OS. The number of carbonyl (C=O) groups excluding carboxylic acids is 1. The van der Waals surface area contributed by atoms with E-state index in [0.717, 1.165) is 44.4 Å². The number of amides is 1. The van der Waals surface area contributed by atoms with E-state index in [1.807, 2.05) is 0 Å². The van der Waals surface area contributed by atoms with Crippen LogP contribution in [0.25, 0.3) is 0 Å². The van der Waals surface area contributed by atoms with E-state index in [0.29, 0.717) is 11.0 Å². The van der Waals surface area contributed by atoms with E-state index in [2.05, 4.69) is 12.2 Å². The Kier molecular flexibility index (Phi) is 5.42. The van der Waals surface area contributed by atoms with Gasteiger partial charge in [0, 0.05) is 6.04 Å². The van der Waals surface area contributed by atoms with Crippen molar-refractivity contribution in [1.82, 2.24) is 5.32 Å². The van der Waals surface area contributed by atoms with E-state index in [-0.39, 0.29) is 5.91 Å². The lowest BCUT2D eigenvalue weighted by molar-refractivity contribution is -0.129. The standard InChI is InChI=1S/C16H28N2OS/c1-2-12-7-6-8-13(11-12)18-15(19)16(14(17)20)9-4-3-5-10-16/h12-13H,2-11H2,1H3,(H2,17,20)(H,18,19). The van der Waals surface area contributed by atoms with Crippen LogP contribution in [0.5, 0.6) is 0 Å². The van der Waals surface area contributed by atoms with E-state index in [1.165, 1.54) is 25.7 Å². The Morgan fingerprint density at radius 2 is 1.95 bits per heavy atom. The maximum atomic E-state index is 12.7. The number of thiocarbonyl (C=S) groups is 1. The summed E-state index contributed by atoms with van der Waals surface area (Å²) in [7, 11) is 0. The van der Waals surface area contributed by atoms with E-state index in [9.17, 15) is 4.79 Å². The van der Waals surface area contributed by atoms with Crippen LogP contribution in [-0.2, 0) is 4.79 Å². The molecule has 2 aliphatic carbocycles. The first kappa shape index (κ1) is 15.7. The largest absolute Gasteiger partial charge is 0.392 e. The topological polar surface area (TPSA) is 55.1 Å². The van der Waals surface area contributed by atoms with Gasteiger partial charge in [-0.3, -0.25) is 4.79 Å². The molecule has 0 aromatic heterocycles. The predicted octanol–water partition coefficient (Wildman–Crippen LogP) is 3.31. The Morgan fingerprint density at radius 1 is 1.25 bits per heavy atom. The minimum atomic E-state index is -0.563. The summed E-state index contributed by atoms with van der Waals surface area (Å²) in [5, 5.41) is 3.27. The summed E-state index contributed by atoms with van der Waals surface area (Å²) in [5.74, 6) is 0.868. The summed E-state index contributed by atoms with van der Waals surface area (Å²) >= 11 is 5.23. The molecule has 3 N–H and O–H groups in total. The van der Waals surface area contributed by atoms with Crippen molar-refractivity contribution in [1.29, 1.82) is 0 Å². The average molecular weight is 296 g/mol. The summed E-state index contributed by atoms with van der Waals surface area (Å²) in [6.45, 7) is 2.24. The highest BCUT2D eigenvalue weighted by Crippen LogP contribution is 2.37. The predicted molar refractivity (Wildman–Crippen MR) is 86.5 cm³/mol. The second-order valence-corrected chi connectivity index (χ2v) is 7.06. The molecule has 0 heterocycles. The quantitative estimate of drug-likeness (QED) is 0.783. The SMILES string of the molecule is CCC1CCCC(NC(=O)C2(C(N)=S)CCCCC2)C1. The number of hydrogen-bond acceptors (Lipinski definition) is 2. The molecule has 114 valence electrons. The van der Waals surface area contributed by atoms with Crippen LogP contribution < -0.4 is 11.1 Å². The minimum absolute atomic E-state index is 0.103. The Labute approximate surface area is 128 Å². The lowest BCUT2D eigenvalue weighted by Crippen LogP contribution is -2.53. The second-order valence-electron chi connectivity index (χ2n) is 6.62. The molecule has 0 aromatic carbocycles. The monoisotopic (exact) mass is 296 g/mol. The van der Waals surface area contributed by atoms with Gasteiger partial charge in [0.25, 0.3) is 0 Å². The van der Waals surface area contributed by atoms with Crippen LogP contribution in [0, 0.1) is 11.3 Å². The van der Waals surface area contributed by atoms with E-state index in [4.69, 9.17) is 18.0 Å². The van der Waals surface area contributed by atoms with Crippen molar-refractivity contribution in [3.05, 3.63) is 0 Å².